The Hall–Kier alpha value is -1.23. The Morgan fingerprint density at radius 3 is 2.68 bits per heavy atom. The first-order valence-electron chi connectivity index (χ1n) is 7.14. The van der Waals surface area contributed by atoms with Crippen molar-refractivity contribution in [1.82, 2.24) is 9.97 Å². The smallest absolute Gasteiger partial charge is 0.147 e. The summed E-state index contributed by atoms with van der Waals surface area (Å²) in [5.41, 5.74) is 6.17. The lowest BCUT2D eigenvalue weighted by Crippen LogP contribution is -2.47. The summed E-state index contributed by atoms with van der Waals surface area (Å²) in [5, 5.41) is 0. The van der Waals surface area contributed by atoms with Crippen molar-refractivity contribution in [2.45, 2.75) is 44.6 Å². The van der Waals surface area contributed by atoms with Crippen molar-refractivity contribution in [3.05, 3.63) is 18.1 Å². The predicted octanol–water partition coefficient (Wildman–Crippen LogP) is 2.27. The third kappa shape index (κ3) is 2.56. The van der Waals surface area contributed by atoms with E-state index in [2.05, 4.69) is 14.9 Å². The Morgan fingerprint density at radius 2 is 1.95 bits per heavy atom. The second-order valence-electron chi connectivity index (χ2n) is 5.57. The van der Waals surface area contributed by atoms with Crippen LogP contribution in [0.2, 0.25) is 0 Å². The Balaban J connectivity index is 1.81. The van der Waals surface area contributed by atoms with Crippen LogP contribution in [0, 0.1) is 5.92 Å². The minimum Gasteiger partial charge on any atom is -0.388 e. The molecule has 3 rings (SSSR count). The van der Waals surface area contributed by atoms with Gasteiger partial charge in [0.15, 0.2) is 0 Å². The molecule has 2 N–H and O–H groups in total. The quantitative estimate of drug-likeness (QED) is 0.840. The number of rotatable bonds is 2. The molecular weight excluding hydrogens is 256 g/mol. The molecule has 1 aromatic heterocycles. The number of piperidine rings is 1. The van der Waals surface area contributed by atoms with Crippen molar-refractivity contribution in [3.63, 3.8) is 0 Å². The van der Waals surface area contributed by atoms with Crippen LogP contribution in [0.4, 0.5) is 5.82 Å². The van der Waals surface area contributed by atoms with Crippen LogP contribution >= 0.6 is 12.2 Å². The third-order valence-electron chi connectivity index (χ3n) is 4.43. The first-order chi connectivity index (χ1) is 9.25. The second-order valence-corrected chi connectivity index (χ2v) is 6.01. The molecule has 0 bridgehead atoms. The molecule has 4 nitrogen and oxygen atoms in total. The van der Waals surface area contributed by atoms with Crippen LogP contribution < -0.4 is 10.6 Å². The maximum Gasteiger partial charge on any atom is 0.147 e. The van der Waals surface area contributed by atoms with Gasteiger partial charge in [-0.1, -0.05) is 25.1 Å². The number of fused-ring (bicyclic) bond motifs is 1. The lowest BCUT2D eigenvalue weighted by molar-refractivity contribution is 0.242. The number of nitrogens with two attached hydrogens (primary N) is 1. The molecule has 1 saturated carbocycles. The van der Waals surface area contributed by atoms with E-state index in [1.807, 2.05) is 6.20 Å². The van der Waals surface area contributed by atoms with E-state index in [-0.39, 0.29) is 0 Å². The van der Waals surface area contributed by atoms with E-state index in [0.717, 1.165) is 18.3 Å². The van der Waals surface area contributed by atoms with Crippen LogP contribution in [-0.2, 0) is 0 Å². The zero-order chi connectivity index (χ0) is 13.2. The van der Waals surface area contributed by atoms with Crippen molar-refractivity contribution in [3.8, 4) is 0 Å². The van der Waals surface area contributed by atoms with E-state index in [1.165, 1.54) is 38.5 Å². The lowest BCUT2D eigenvalue weighted by atomic mass is 9.78. The molecule has 2 heterocycles. The fourth-order valence-corrected chi connectivity index (χ4v) is 3.61. The molecule has 1 aliphatic carbocycles. The Bertz CT molecular complexity index is 457. The van der Waals surface area contributed by atoms with Gasteiger partial charge in [0.05, 0.1) is 12.4 Å². The number of thiocarbonyl (C=S) groups is 1. The number of anilines is 1. The standard InChI is InChI=1S/C14H20N4S/c15-14(19)11-8-17-13(9-16-11)18-7-3-5-10-4-1-2-6-12(10)18/h8-10,12H,1-7H2,(H2,15,19). The molecule has 1 aliphatic heterocycles. The molecule has 0 spiro atoms. The highest BCUT2D eigenvalue weighted by atomic mass is 32.1. The normalized spacial score (nSPS) is 26.8. The van der Waals surface area contributed by atoms with E-state index in [9.17, 15) is 0 Å². The molecule has 102 valence electrons. The van der Waals surface area contributed by atoms with Crippen LogP contribution in [0.3, 0.4) is 0 Å². The minimum atomic E-state index is 0.313. The van der Waals surface area contributed by atoms with Gasteiger partial charge < -0.3 is 10.6 Å². The summed E-state index contributed by atoms with van der Waals surface area (Å²) < 4.78 is 0. The molecule has 2 atom stereocenters. The fourth-order valence-electron chi connectivity index (χ4n) is 3.51. The highest BCUT2D eigenvalue weighted by Crippen LogP contribution is 2.36. The van der Waals surface area contributed by atoms with Crippen molar-refractivity contribution >= 4 is 23.0 Å². The van der Waals surface area contributed by atoms with Crippen LogP contribution in [0.25, 0.3) is 0 Å². The molecule has 1 saturated heterocycles. The third-order valence-corrected chi connectivity index (χ3v) is 4.64. The van der Waals surface area contributed by atoms with Gasteiger partial charge in [-0.15, -0.1) is 0 Å². The molecular formula is C14H20N4S. The summed E-state index contributed by atoms with van der Waals surface area (Å²) in [6.07, 6.45) is 11.6. The molecule has 0 radical (unpaired) electrons. The van der Waals surface area contributed by atoms with Crippen LogP contribution in [0.5, 0.6) is 0 Å². The van der Waals surface area contributed by atoms with Gasteiger partial charge in [-0.05, 0) is 31.6 Å². The molecule has 1 aromatic rings. The van der Waals surface area contributed by atoms with Crippen LogP contribution in [0.1, 0.15) is 44.2 Å². The monoisotopic (exact) mass is 276 g/mol. The Kier molecular flexibility index (Phi) is 3.64. The summed E-state index contributed by atoms with van der Waals surface area (Å²) in [5.74, 6) is 1.83. The number of aromatic nitrogens is 2. The number of hydrogen-bond acceptors (Lipinski definition) is 4. The van der Waals surface area contributed by atoms with E-state index >= 15 is 0 Å². The first kappa shape index (κ1) is 12.8. The maximum atomic E-state index is 5.56. The molecule has 5 heteroatoms. The van der Waals surface area contributed by atoms with Gasteiger partial charge >= 0.3 is 0 Å². The van der Waals surface area contributed by atoms with E-state index in [0.29, 0.717) is 16.7 Å². The molecule has 2 fully saturated rings. The second kappa shape index (κ2) is 5.41. The van der Waals surface area contributed by atoms with Crippen molar-refractivity contribution < 1.29 is 0 Å². The van der Waals surface area contributed by atoms with Gasteiger partial charge in [0.1, 0.15) is 16.5 Å². The van der Waals surface area contributed by atoms with Crippen LogP contribution in [0.15, 0.2) is 12.4 Å². The van der Waals surface area contributed by atoms with Gasteiger partial charge in [0, 0.05) is 12.6 Å². The lowest BCUT2D eigenvalue weighted by Gasteiger charge is -2.44. The predicted molar refractivity (Wildman–Crippen MR) is 80.2 cm³/mol. The summed E-state index contributed by atoms with van der Waals surface area (Å²) in [4.78, 5) is 11.6. The zero-order valence-electron chi connectivity index (χ0n) is 11.1. The summed E-state index contributed by atoms with van der Waals surface area (Å²) in [7, 11) is 0. The molecule has 0 amide bonds. The minimum absolute atomic E-state index is 0.313. The van der Waals surface area contributed by atoms with Gasteiger partial charge in [0.2, 0.25) is 0 Å². The SMILES string of the molecule is NC(=S)c1cnc(N2CCCC3CCCCC32)cn1. The zero-order valence-corrected chi connectivity index (χ0v) is 11.9. The summed E-state index contributed by atoms with van der Waals surface area (Å²) >= 11 is 4.92. The van der Waals surface area contributed by atoms with Gasteiger partial charge in [-0.3, -0.25) is 0 Å². The summed E-state index contributed by atoms with van der Waals surface area (Å²) in [6, 6.07) is 0.660. The molecule has 0 aromatic carbocycles. The van der Waals surface area contributed by atoms with Crippen molar-refractivity contribution in [1.29, 1.82) is 0 Å². The average molecular weight is 276 g/mol. The van der Waals surface area contributed by atoms with Crippen LogP contribution in [-0.4, -0.2) is 27.5 Å². The van der Waals surface area contributed by atoms with Gasteiger partial charge in [-0.25, -0.2) is 9.97 Å². The van der Waals surface area contributed by atoms with Gasteiger partial charge in [-0.2, -0.15) is 0 Å². The Morgan fingerprint density at radius 1 is 1.16 bits per heavy atom. The van der Waals surface area contributed by atoms with Gasteiger partial charge in [0.25, 0.3) is 0 Å². The summed E-state index contributed by atoms with van der Waals surface area (Å²) in [6.45, 7) is 1.10. The first-order valence-corrected chi connectivity index (χ1v) is 7.55. The number of nitrogens with zero attached hydrogens (tertiary/aromatic N) is 3. The van der Waals surface area contributed by atoms with Crippen molar-refractivity contribution in [2.24, 2.45) is 11.7 Å². The number of hydrogen-bond donors (Lipinski definition) is 1. The van der Waals surface area contributed by atoms with E-state index < -0.39 is 0 Å². The average Bonchev–Trinajstić information content (AvgIpc) is 2.47. The molecule has 2 unspecified atom stereocenters. The highest BCUT2D eigenvalue weighted by Gasteiger charge is 2.33. The Labute approximate surface area is 119 Å². The maximum absolute atomic E-state index is 5.56. The molecule has 2 aliphatic rings. The topological polar surface area (TPSA) is 55.0 Å². The fraction of sp³-hybridized carbons (Fsp3) is 0.643. The molecule has 19 heavy (non-hydrogen) atoms. The van der Waals surface area contributed by atoms with Crippen molar-refractivity contribution in [2.75, 3.05) is 11.4 Å². The highest BCUT2D eigenvalue weighted by molar-refractivity contribution is 7.80. The van der Waals surface area contributed by atoms with E-state index in [4.69, 9.17) is 18.0 Å². The largest absolute Gasteiger partial charge is 0.388 e. The van der Waals surface area contributed by atoms with E-state index in [1.54, 1.807) is 6.20 Å².